The first-order chi connectivity index (χ1) is 9.77. The Morgan fingerprint density at radius 3 is 2.43 bits per heavy atom. The van der Waals surface area contributed by atoms with Crippen LogP contribution in [0.25, 0.3) is 0 Å². The van der Waals surface area contributed by atoms with Gasteiger partial charge in [0.15, 0.2) is 0 Å². The highest BCUT2D eigenvalue weighted by molar-refractivity contribution is 9.10. The summed E-state index contributed by atoms with van der Waals surface area (Å²) in [6, 6.07) is 6.47. The van der Waals surface area contributed by atoms with E-state index in [-0.39, 0.29) is 4.47 Å². The molecule has 0 aliphatic rings. The van der Waals surface area contributed by atoms with E-state index in [2.05, 4.69) is 42.2 Å². The third-order valence-corrected chi connectivity index (χ3v) is 3.48. The number of carbonyl (C=O) groups is 1. The summed E-state index contributed by atoms with van der Waals surface area (Å²) in [6.45, 7) is 0. The molecule has 1 amide bonds. The summed E-state index contributed by atoms with van der Waals surface area (Å²) in [7, 11) is 0. The molecule has 0 aliphatic carbocycles. The molecule has 0 aliphatic heterocycles. The first-order valence-corrected chi connectivity index (χ1v) is 7.15. The Hall–Kier alpha value is -1.41. The summed E-state index contributed by atoms with van der Waals surface area (Å²) in [5.41, 5.74) is -1.15. The molecule has 0 fully saturated rings. The largest absolute Gasteiger partial charge is 0.417 e. The van der Waals surface area contributed by atoms with Crippen molar-refractivity contribution in [2.45, 2.75) is 6.18 Å². The summed E-state index contributed by atoms with van der Waals surface area (Å²) < 4.78 is 39.7. The molecule has 1 heterocycles. The second-order valence-corrected chi connectivity index (χ2v) is 5.74. The number of hydrogen-bond donors (Lipinski definition) is 1. The number of amides is 1. The highest BCUT2D eigenvalue weighted by Crippen LogP contribution is 2.34. The molecule has 2 rings (SSSR count). The second-order valence-electron chi connectivity index (χ2n) is 4.01. The van der Waals surface area contributed by atoms with Gasteiger partial charge >= 0.3 is 6.18 Å². The van der Waals surface area contributed by atoms with Crippen LogP contribution >= 0.6 is 31.9 Å². The Balaban J connectivity index is 2.33. The van der Waals surface area contributed by atoms with Crippen LogP contribution in [0.3, 0.4) is 0 Å². The van der Waals surface area contributed by atoms with Gasteiger partial charge in [-0.25, -0.2) is 4.98 Å². The summed E-state index contributed by atoms with van der Waals surface area (Å²) in [6.07, 6.45) is -3.28. The fourth-order valence-electron chi connectivity index (χ4n) is 1.60. The third kappa shape index (κ3) is 4.04. The summed E-state index contributed by atoms with van der Waals surface area (Å²) >= 11 is 6.09. The number of rotatable bonds is 2. The monoisotopic (exact) mass is 422 g/mol. The predicted molar refractivity (Wildman–Crippen MR) is 79.0 cm³/mol. The van der Waals surface area contributed by atoms with Gasteiger partial charge in [0.2, 0.25) is 0 Å². The molecule has 21 heavy (non-hydrogen) atoms. The van der Waals surface area contributed by atoms with Gasteiger partial charge in [-0.3, -0.25) is 4.79 Å². The second kappa shape index (κ2) is 6.15. The first-order valence-electron chi connectivity index (χ1n) is 5.57. The van der Waals surface area contributed by atoms with E-state index in [1.807, 2.05) is 0 Å². The maximum atomic E-state index is 13.0. The number of benzene rings is 1. The average molecular weight is 424 g/mol. The van der Waals surface area contributed by atoms with Gasteiger partial charge < -0.3 is 5.32 Å². The third-order valence-electron chi connectivity index (χ3n) is 2.52. The van der Waals surface area contributed by atoms with Crippen molar-refractivity contribution in [1.29, 1.82) is 0 Å². The molecule has 0 unspecified atom stereocenters. The molecule has 110 valence electrons. The summed E-state index contributed by atoms with van der Waals surface area (Å²) in [4.78, 5) is 15.9. The zero-order valence-corrected chi connectivity index (χ0v) is 13.4. The van der Waals surface area contributed by atoms with Crippen molar-refractivity contribution in [2.24, 2.45) is 0 Å². The molecular weight excluding hydrogens is 417 g/mol. The van der Waals surface area contributed by atoms with E-state index in [1.54, 1.807) is 6.07 Å². The van der Waals surface area contributed by atoms with Crippen LogP contribution in [0.2, 0.25) is 0 Å². The minimum atomic E-state index is -4.62. The van der Waals surface area contributed by atoms with Gasteiger partial charge in [0.05, 0.1) is 23.0 Å². The molecule has 1 aromatic heterocycles. The smallest absolute Gasteiger partial charge is 0.321 e. The maximum Gasteiger partial charge on any atom is 0.417 e. The number of aromatic nitrogens is 1. The number of carbonyl (C=O) groups excluding carboxylic acids is 1. The number of pyridine rings is 1. The Bertz CT molecular complexity index is 672. The lowest BCUT2D eigenvalue weighted by molar-refractivity contribution is -0.137. The molecule has 0 spiro atoms. The standard InChI is InChI=1S/C13H7Br2F3N2O/c14-7-1-3-9(10(5-7)13(16,17)18)12(21)20-8-2-4-11(15)19-6-8/h1-6H,(H,20,21). The van der Waals surface area contributed by atoms with Crippen molar-refractivity contribution in [1.82, 2.24) is 4.98 Å². The molecule has 1 aromatic carbocycles. The Kier molecular flexibility index (Phi) is 4.67. The van der Waals surface area contributed by atoms with E-state index in [9.17, 15) is 18.0 Å². The molecule has 0 atom stereocenters. The van der Waals surface area contributed by atoms with Crippen LogP contribution in [0.5, 0.6) is 0 Å². The van der Waals surface area contributed by atoms with Gasteiger partial charge in [-0.15, -0.1) is 0 Å². The van der Waals surface area contributed by atoms with Gasteiger partial charge in [-0.1, -0.05) is 15.9 Å². The number of anilines is 1. The summed E-state index contributed by atoms with van der Waals surface area (Å²) in [5, 5.41) is 2.38. The quantitative estimate of drug-likeness (QED) is 0.699. The van der Waals surface area contributed by atoms with Crippen molar-refractivity contribution in [3.8, 4) is 0 Å². The molecule has 0 saturated heterocycles. The van der Waals surface area contributed by atoms with Gasteiger partial charge in [0.1, 0.15) is 4.60 Å². The van der Waals surface area contributed by atoms with Crippen LogP contribution in [0.15, 0.2) is 45.6 Å². The lowest BCUT2D eigenvalue weighted by atomic mass is 10.1. The molecule has 1 N–H and O–H groups in total. The van der Waals surface area contributed by atoms with E-state index >= 15 is 0 Å². The maximum absolute atomic E-state index is 13.0. The van der Waals surface area contributed by atoms with E-state index in [0.717, 1.165) is 12.1 Å². The van der Waals surface area contributed by atoms with Gasteiger partial charge in [0.25, 0.3) is 5.91 Å². The van der Waals surface area contributed by atoms with Crippen LogP contribution in [0.4, 0.5) is 18.9 Å². The minimum absolute atomic E-state index is 0.247. The van der Waals surface area contributed by atoms with Crippen LogP contribution < -0.4 is 5.32 Å². The normalized spacial score (nSPS) is 11.3. The van der Waals surface area contributed by atoms with Crippen LogP contribution in [-0.4, -0.2) is 10.9 Å². The fraction of sp³-hybridized carbons (Fsp3) is 0.0769. The van der Waals surface area contributed by atoms with Crippen LogP contribution in [0.1, 0.15) is 15.9 Å². The Labute approximate surface area is 134 Å². The number of nitrogens with one attached hydrogen (secondary N) is 1. The minimum Gasteiger partial charge on any atom is -0.321 e. The van der Waals surface area contributed by atoms with Crippen molar-refractivity contribution >= 4 is 43.5 Å². The van der Waals surface area contributed by atoms with Crippen molar-refractivity contribution < 1.29 is 18.0 Å². The molecule has 0 bridgehead atoms. The van der Waals surface area contributed by atoms with E-state index in [1.165, 1.54) is 18.3 Å². The molecule has 2 aromatic rings. The Morgan fingerprint density at radius 1 is 1.14 bits per heavy atom. The van der Waals surface area contributed by atoms with E-state index < -0.39 is 23.2 Å². The Morgan fingerprint density at radius 2 is 1.86 bits per heavy atom. The molecule has 0 radical (unpaired) electrons. The first kappa shape index (κ1) is 16.0. The van der Waals surface area contributed by atoms with E-state index in [0.29, 0.717) is 10.3 Å². The highest BCUT2D eigenvalue weighted by atomic mass is 79.9. The number of hydrogen-bond acceptors (Lipinski definition) is 2. The van der Waals surface area contributed by atoms with E-state index in [4.69, 9.17) is 0 Å². The highest BCUT2D eigenvalue weighted by Gasteiger charge is 2.35. The fourth-order valence-corrected chi connectivity index (χ4v) is 2.19. The molecule has 8 heteroatoms. The number of alkyl halides is 3. The topological polar surface area (TPSA) is 42.0 Å². The lowest BCUT2D eigenvalue weighted by Gasteiger charge is -2.13. The molecule has 0 saturated carbocycles. The molecule has 3 nitrogen and oxygen atoms in total. The van der Waals surface area contributed by atoms with Crippen molar-refractivity contribution in [2.75, 3.05) is 5.32 Å². The van der Waals surface area contributed by atoms with Crippen molar-refractivity contribution in [3.63, 3.8) is 0 Å². The van der Waals surface area contributed by atoms with Crippen molar-refractivity contribution in [3.05, 3.63) is 56.7 Å². The van der Waals surface area contributed by atoms with Gasteiger partial charge in [-0.05, 0) is 46.3 Å². The van der Waals surface area contributed by atoms with Crippen LogP contribution in [-0.2, 0) is 6.18 Å². The van der Waals surface area contributed by atoms with Crippen LogP contribution in [0, 0.1) is 0 Å². The zero-order valence-electron chi connectivity index (χ0n) is 10.2. The van der Waals surface area contributed by atoms with Gasteiger partial charge in [-0.2, -0.15) is 13.2 Å². The van der Waals surface area contributed by atoms with Gasteiger partial charge in [0, 0.05) is 4.47 Å². The lowest BCUT2D eigenvalue weighted by Crippen LogP contribution is -2.18. The number of nitrogens with zero attached hydrogens (tertiary/aromatic N) is 1. The zero-order chi connectivity index (χ0) is 15.6. The molecular formula is C13H7Br2F3N2O. The SMILES string of the molecule is O=C(Nc1ccc(Br)nc1)c1ccc(Br)cc1C(F)(F)F. The average Bonchev–Trinajstić information content (AvgIpc) is 2.40. The predicted octanol–water partition coefficient (Wildman–Crippen LogP) is 4.88. The number of halogens is 5. The summed E-state index contributed by atoms with van der Waals surface area (Å²) in [5.74, 6) is -0.848.